The molecule has 2 aromatic rings. The monoisotopic (exact) mass is 340 g/mol. The molecule has 0 atom stereocenters. The Morgan fingerprint density at radius 1 is 1.36 bits per heavy atom. The van der Waals surface area contributed by atoms with Gasteiger partial charge in [0.25, 0.3) is 5.91 Å². The number of carbonyl (C=O) groups excluding carboxylic acids is 2. The van der Waals surface area contributed by atoms with Crippen molar-refractivity contribution < 1.29 is 9.59 Å². The normalized spacial score (nSPS) is 10.5. The summed E-state index contributed by atoms with van der Waals surface area (Å²) < 4.78 is 1.96. The van der Waals surface area contributed by atoms with Crippen molar-refractivity contribution in [3.63, 3.8) is 0 Å². The number of aryl methyl sites for hydroxylation is 2. The van der Waals surface area contributed by atoms with Crippen molar-refractivity contribution >= 4 is 17.5 Å². The Morgan fingerprint density at radius 3 is 2.68 bits per heavy atom. The fraction of sp³-hybridized carbons (Fsp3) is 0.316. The molecular formula is C19H24N4O2. The maximum absolute atomic E-state index is 12.4. The molecular weight excluding hydrogens is 316 g/mol. The van der Waals surface area contributed by atoms with Crippen LogP contribution in [0.15, 0.2) is 36.9 Å². The summed E-state index contributed by atoms with van der Waals surface area (Å²) in [5.74, 6) is -0.778. The second-order valence-electron chi connectivity index (χ2n) is 5.92. The first-order valence-electron chi connectivity index (χ1n) is 8.25. The van der Waals surface area contributed by atoms with Crippen molar-refractivity contribution in [2.75, 3.05) is 4.90 Å². The summed E-state index contributed by atoms with van der Waals surface area (Å²) in [6.07, 6.45) is 2.25. The molecule has 2 N–H and O–H groups in total. The van der Waals surface area contributed by atoms with Crippen LogP contribution in [0.5, 0.6) is 0 Å². The van der Waals surface area contributed by atoms with Crippen LogP contribution in [-0.4, -0.2) is 21.6 Å². The van der Waals surface area contributed by atoms with Crippen molar-refractivity contribution in [2.24, 2.45) is 5.73 Å². The van der Waals surface area contributed by atoms with Crippen LogP contribution in [0.4, 0.5) is 5.69 Å². The number of hydrogen-bond donors (Lipinski definition) is 1. The van der Waals surface area contributed by atoms with Gasteiger partial charge in [-0.3, -0.25) is 14.3 Å². The predicted molar refractivity (Wildman–Crippen MR) is 98.3 cm³/mol. The molecule has 0 bridgehead atoms. The van der Waals surface area contributed by atoms with Gasteiger partial charge in [-0.15, -0.1) is 0 Å². The van der Waals surface area contributed by atoms with Gasteiger partial charge in [-0.2, -0.15) is 5.10 Å². The van der Waals surface area contributed by atoms with Crippen LogP contribution in [-0.2, 0) is 17.9 Å². The highest BCUT2D eigenvalue weighted by Gasteiger charge is 2.19. The van der Waals surface area contributed by atoms with Crippen LogP contribution in [0.25, 0.3) is 0 Å². The minimum absolute atomic E-state index is 0.247. The number of primary amides is 1. The molecule has 132 valence electrons. The van der Waals surface area contributed by atoms with Gasteiger partial charge in [0.1, 0.15) is 0 Å². The lowest BCUT2D eigenvalue weighted by molar-refractivity contribution is -0.114. The number of nitrogens with zero attached hydrogens (tertiary/aromatic N) is 3. The molecule has 25 heavy (non-hydrogen) atoms. The van der Waals surface area contributed by atoms with E-state index in [4.69, 9.17) is 5.73 Å². The number of nitrogens with two attached hydrogens (primary N) is 1. The summed E-state index contributed by atoms with van der Waals surface area (Å²) in [6, 6.07) is 6.72. The first-order valence-corrected chi connectivity index (χ1v) is 8.25. The minimum Gasteiger partial charge on any atom is -0.366 e. The summed E-state index contributed by atoms with van der Waals surface area (Å²) in [7, 11) is 0. The van der Waals surface area contributed by atoms with Crippen LogP contribution in [0.1, 0.15) is 40.7 Å². The SMILES string of the molecule is C=CC(=O)N(Cc1c(C)nn(CCC)c1C)c1cccc(C(N)=O)c1. The third kappa shape index (κ3) is 3.96. The quantitative estimate of drug-likeness (QED) is 0.787. The fourth-order valence-electron chi connectivity index (χ4n) is 2.78. The second kappa shape index (κ2) is 7.79. The molecule has 0 aliphatic carbocycles. The molecule has 0 saturated heterocycles. The van der Waals surface area contributed by atoms with E-state index in [2.05, 4.69) is 18.6 Å². The van der Waals surface area contributed by atoms with E-state index in [9.17, 15) is 9.59 Å². The number of carbonyl (C=O) groups is 2. The Kier molecular flexibility index (Phi) is 5.75. The predicted octanol–water partition coefficient (Wildman–Crippen LogP) is 2.73. The molecule has 1 aromatic carbocycles. The van der Waals surface area contributed by atoms with Gasteiger partial charge in [-0.05, 0) is 44.5 Å². The molecule has 2 amide bonds. The highest BCUT2D eigenvalue weighted by Crippen LogP contribution is 2.23. The molecule has 0 aliphatic heterocycles. The first-order chi connectivity index (χ1) is 11.9. The maximum atomic E-state index is 12.4. The van der Waals surface area contributed by atoms with E-state index in [1.165, 1.54) is 6.08 Å². The van der Waals surface area contributed by atoms with Crippen molar-refractivity contribution in [1.29, 1.82) is 0 Å². The number of anilines is 1. The summed E-state index contributed by atoms with van der Waals surface area (Å²) in [5, 5.41) is 4.56. The zero-order valence-electron chi connectivity index (χ0n) is 15.0. The molecule has 0 radical (unpaired) electrons. The molecule has 0 spiro atoms. The summed E-state index contributed by atoms with van der Waals surface area (Å²) >= 11 is 0. The van der Waals surface area contributed by atoms with E-state index >= 15 is 0 Å². The molecule has 0 aliphatic rings. The number of rotatable bonds is 7. The lowest BCUT2D eigenvalue weighted by atomic mass is 10.1. The maximum Gasteiger partial charge on any atom is 0.250 e. The second-order valence-corrected chi connectivity index (χ2v) is 5.92. The standard InChI is InChI=1S/C19H24N4O2/c1-5-10-23-14(4)17(13(3)21-23)12-22(18(24)6-2)16-9-7-8-15(11-16)19(20)25/h6-9,11H,2,5,10,12H2,1,3-4H3,(H2,20,25). The zero-order chi connectivity index (χ0) is 18.6. The van der Waals surface area contributed by atoms with Crippen molar-refractivity contribution in [1.82, 2.24) is 9.78 Å². The summed E-state index contributed by atoms with van der Waals surface area (Å²) in [4.78, 5) is 25.4. The highest BCUT2D eigenvalue weighted by atomic mass is 16.2. The Balaban J connectivity index is 2.43. The third-order valence-electron chi connectivity index (χ3n) is 4.17. The number of amides is 2. The van der Waals surface area contributed by atoms with E-state index < -0.39 is 5.91 Å². The van der Waals surface area contributed by atoms with Crippen LogP contribution >= 0.6 is 0 Å². The average molecular weight is 340 g/mol. The van der Waals surface area contributed by atoms with E-state index in [0.29, 0.717) is 17.8 Å². The molecule has 2 rings (SSSR count). The molecule has 0 fully saturated rings. The van der Waals surface area contributed by atoms with Gasteiger partial charge >= 0.3 is 0 Å². The molecule has 6 nitrogen and oxygen atoms in total. The Hall–Kier alpha value is -2.89. The lowest BCUT2D eigenvalue weighted by Crippen LogP contribution is -2.29. The van der Waals surface area contributed by atoms with Gasteiger partial charge in [-0.1, -0.05) is 19.6 Å². The lowest BCUT2D eigenvalue weighted by Gasteiger charge is -2.22. The van der Waals surface area contributed by atoms with Gasteiger partial charge in [0.2, 0.25) is 5.91 Å². The number of hydrogen-bond acceptors (Lipinski definition) is 3. The van der Waals surface area contributed by atoms with Crippen LogP contribution in [0.3, 0.4) is 0 Å². The Labute approximate surface area is 147 Å². The average Bonchev–Trinajstić information content (AvgIpc) is 2.86. The number of aromatic nitrogens is 2. The Morgan fingerprint density at radius 2 is 2.08 bits per heavy atom. The molecule has 1 heterocycles. The van der Waals surface area contributed by atoms with Gasteiger partial charge in [0, 0.05) is 29.1 Å². The summed E-state index contributed by atoms with van der Waals surface area (Å²) in [6.45, 7) is 10.8. The van der Waals surface area contributed by atoms with E-state index in [-0.39, 0.29) is 5.91 Å². The van der Waals surface area contributed by atoms with E-state index in [0.717, 1.165) is 29.9 Å². The van der Waals surface area contributed by atoms with Gasteiger partial charge < -0.3 is 10.6 Å². The molecule has 0 saturated carbocycles. The fourth-order valence-corrected chi connectivity index (χ4v) is 2.78. The van der Waals surface area contributed by atoms with Crippen LogP contribution < -0.4 is 10.6 Å². The van der Waals surface area contributed by atoms with Crippen molar-refractivity contribution in [3.8, 4) is 0 Å². The topological polar surface area (TPSA) is 81.2 Å². The minimum atomic E-state index is -0.532. The van der Waals surface area contributed by atoms with E-state index in [1.54, 1.807) is 29.2 Å². The summed E-state index contributed by atoms with van der Waals surface area (Å²) in [5.41, 5.74) is 9.23. The largest absolute Gasteiger partial charge is 0.366 e. The number of benzene rings is 1. The molecule has 0 unspecified atom stereocenters. The van der Waals surface area contributed by atoms with Gasteiger partial charge in [0.15, 0.2) is 0 Å². The van der Waals surface area contributed by atoms with E-state index in [1.807, 2.05) is 18.5 Å². The van der Waals surface area contributed by atoms with Gasteiger partial charge in [-0.25, -0.2) is 0 Å². The molecule has 1 aromatic heterocycles. The van der Waals surface area contributed by atoms with Crippen LogP contribution in [0.2, 0.25) is 0 Å². The van der Waals surface area contributed by atoms with Crippen LogP contribution in [0, 0.1) is 13.8 Å². The van der Waals surface area contributed by atoms with Crippen molar-refractivity contribution in [3.05, 3.63) is 59.4 Å². The van der Waals surface area contributed by atoms with Gasteiger partial charge in [0.05, 0.1) is 12.2 Å². The van der Waals surface area contributed by atoms with Crippen molar-refractivity contribution in [2.45, 2.75) is 40.3 Å². The molecule has 6 heteroatoms. The Bertz CT molecular complexity index is 808. The zero-order valence-corrected chi connectivity index (χ0v) is 15.0. The smallest absolute Gasteiger partial charge is 0.250 e. The first kappa shape index (κ1) is 18.4. The third-order valence-corrected chi connectivity index (χ3v) is 4.17. The highest BCUT2D eigenvalue weighted by molar-refractivity contribution is 6.02.